The summed E-state index contributed by atoms with van der Waals surface area (Å²) in [6.07, 6.45) is 4.97. The molecule has 362 valence electrons. The fourth-order valence-corrected chi connectivity index (χ4v) is 11.4. The molecular weight excluding hydrogens is 964 g/mol. The van der Waals surface area contributed by atoms with Crippen molar-refractivity contribution in [3.05, 3.63) is 155 Å². The van der Waals surface area contributed by atoms with E-state index in [1.807, 2.05) is 74.5 Å². The summed E-state index contributed by atoms with van der Waals surface area (Å²) in [6, 6.07) is 18.6. The minimum absolute atomic E-state index is 0.00793. The van der Waals surface area contributed by atoms with Crippen molar-refractivity contribution < 1.29 is 14.3 Å². The normalized spacial score (nSPS) is 16.3. The zero-order chi connectivity index (χ0) is 49.1. The number of thiophene rings is 2. The molecule has 1 saturated heterocycles. The Kier molecular flexibility index (Phi) is 15.1. The second kappa shape index (κ2) is 21.6. The van der Waals surface area contributed by atoms with E-state index in [0.29, 0.717) is 42.4 Å². The van der Waals surface area contributed by atoms with Crippen LogP contribution in [0.5, 0.6) is 0 Å². The monoisotopic (exact) mass is 1020 g/mol. The Morgan fingerprint density at radius 2 is 1.16 bits per heavy atom. The summed E-state index contributed by atoms with van der Waals surface area (Å²) in [5.74, 6) is 3.03. The summed E-state index contributed by atoms with van der Waals surface area (Å²) >= 11 is 15.8. The third kappa shape index (κ3) is 10.6. The fourth-order valence-electron chi connectivity index (χ4n) is 8.75. The van der Waals surface area contributed by atoms with Gasteiger partial charge in [-0.1, -0.05) is 53.5 Å². The third-order valence-corrected chi connectivity index (χ3v) is 15.7. The van der Waals surface area contributed by atoms with Crippen LogP contribution in [0.2, 0.25) is 10.0 Å². The van der Waals surface area contributed by atoms with Crippen LogP contribution in [-0.2, 0) is 20.7 Å². The van der Waals surface area contributed by atoms with Gasteiger partial charge in [-0.15, -0.1) is 43.1 Å². The molecule has 19 heteroatoms. The summed E-state index contributed by atoms with van der Waals surface area (Å²) in [5, 5.41) is 27.3. The van der Waals surface area contributed by atoms with E-state index in [1.54, 1.807) is 35.1 Å². The van der Waals surface area contributed by atoms with E-state index in [2.05, 4.69) is 77.7 Å². The molecule has 0 bridgehead atoms. The van der Waals surface area contributed by atoms with E-state index in [9.17, 15) is 9.59 Å². The van der Waals surface area contributed by atoms with Crippen LogP contribution < -0.4 is 10.6 Å². The van der Waals surface area contributed by atoms with Gasteiger partial charge in [0.05, 0.1) is 24.6 Å². The lowest BCUT2D eigenvalue weighted by Gasteiger charge is -2.26. The molecule has 10 rings (SSSR count). The van der Waals surface area contributed by atoms with E-state index < -0.39 is 0 Å². The predicted molar refractivity (Wildman–Crippen MR) is 277 cm³/mol. The minimum atomic E-state index is -0.386. The lowest BCUT2D eigenvalue weighted by molar-refractivity contribution is -0.122. The molecule has 3 aliphatic rings. The number of aryl methyl sites for hydroxylation is 5. The van der Waals surface area contributed by atoms with Gasteiger partial charge in [0.1, 0.15) is 33.7 Å². The highest BCUT2D eigenvalue weighted by Crippen LogP contribution is 2.40. The molecule has 2 N–H and O–H groups in total. The number of fused-ring (bicyclic) bond motifs is 6. The summed E-state index contributed by atoms with van der Waals surface area (Å²) in [6.45, 7) is 17.0. The molecule has 2 atom stereocenters. The smallest absolute Gasteiger partial charge is 0.221 e. The summed E-state index contributed by atoms with van der Waals surface area (Å²) in [4.78, 5) is 44.6. The Bertz CT molecular complexity index is 3080. The number of pyridine rings is 1. The number of benzene rings is 2. The standard InChI is InChI=1S/C26H25ClN6OS.C25H29ClN6O2S/c1-15-16(2)35-26-23(15)24(19-7-9-20(27)10-8-19)30-21(25-32-31-17(3)33(25)26)14-29-22(34)11-6-18-5-4-12-28-13-18;1-15-16(2)35-25-22(15)23(18-4-6-19(26)7-5-18)28-20(24-30-29-17(3)32(24)25)14-27-21(33)8-9-31-10-12-34-13-11-31/h4-5,7-10,12-13,21H,6,11,14H2,1-3H3,(H,29,34);4-7,20H,8-14H2,1-3H3,(H,27,33)/t21-;20-/m00/s1. The number of aromatic nitrogens is 7. The Morgan fingerprint density at radius 1 is 0.671 bits per heavy atom. The van der Waals surface area contributed by atoms with Gasteiger partial charge in [-0.25, -0.2) is 0 Å². The average Bonchev–Trinajstić information content (AvgIpc) is 4.06. The third-order valence-electron chi connectivity index (χ3n) is 12.8. The van der Waals surface area contributed by atoms with Gasteiger partial charge in [0.25, 0.3) is 0 Å². The molecule has 0 radical (unpaired) electrons. The maximum Gasteiger partial charge on any atom is 0.221 e. The highest BCUT2D eigenvalue weighted by atomic mass is 35.5. The van der Waals surface area contributed by atoms with Gasteiger partial charge in [0, 0.05) is 100 Å². The lowest BCUT2D eigenvalue weighted by Crippen LogP contribution is -2.39. The first-order valence-electron chi connectivity index (χ1n) is 23.3. The molecule has 2 aromatic carbocycles. The number of ether oxygens (including phenoxy) is 1. The number of amides is 2. The first-order chi connectivity index (χ1) is 33.8. The van der Waals surface area contributed by atoms with Gasteiger partial charge in [0.15, 0.2) is 11.6 Å². The molecule has 70 heavy (non-hydrogen) atoms. The molecular formula is C51H54Cl2N12O3S2. The van der Waals surface area contributed by atoms with Crippen LogP contribution in [0.4, 0.5) is 0 Å². The van der Waals surface area contributed by atoms with Crippen molar-refractivity contribution >= 4 is 69.1 Å². The fraction of sp³-hybridized carbons (Fsp3) is 0.353. The molecule has 0 spiro atoms. The second-order valence-electron chi connectivity index (χ2n) is 17.5. The molecule has 8 heterocycles. The first-order valence-corrected chi connectivity index (χ1v) is 25.7. The van der Waals surface area contributed by atoms with Gasteiger partial charge in [-0.05, 0) is 95.0 Å². The maximum atomic E-state index is 12.7. The van der Waals surface area contributed by atoms with Crippen molar-refractivity contribution in [3.8, 4) is 10.0 Å². The quantitative estimate of drug-likeness (QED) is 0.122. The van der Waals surface area contributed by atoms with Gasteiger partial charge in [-0.3, -0.25) is 38.6 Å². The Labute approximate surface area is 425 Å². The number of carbonyl (C=O) groups excluding carboxylic acids is 2. The summed E-state index contributed by atoms with van der Waals surface area (Å²) in [7, 11) is 0. The number of hydrogen-bond acceptors (Lipinski definition) is 13. The second-order valence-corrected chi connectivity index (χ2v) is 20.8. The highest BCUT2D eigenvalue weighted by Gasteiger charge is 2.33. The van der Waals surface area contributed by atoms with Crippen molar-refractivity contribution in [2.45, 2.75) is 72.9 Å². The molecule has 7 aromatic rings. The largest absolute Gasteiger partial charge is 0.379 e. The number of halogens is 2. The van der Waals surface area contributed by atoms with Crippen molar-refractivity contribution in [1.29, 1.82) is 0 Å². The number of nitrogens with zero attached hydrogens (tertiary/aromatic N) is 10. The van der Waals surface area contributed by atoms with Gasteiger partial charge >= 0.3 is 0 Å². The molecule has 2 amide bonds. The van der Waals surface area contributed by atoms with Crippen LogP contribution in [0, 0.1) is 41.5 Å². The summed E-state index contributed by atoms with van der Waals surface area (Å²) < 4.78 is 9.57. The number of nitrogens with one attached hydrogen (secondary N) is 2. The van der Waals surface area contributed by atoms with Crippen LogP contribution >= 0.6 is 45.9 Å². The Hall–Kier alpha value is -5.95. The van der Waals surface area contributed by atoms with Crippen LogP contribution in [0.15, 0.2) is 83.0 Å². The van der Waals surface area contributed by atoms with Crippen molar-refractivity contribution in [3.63, 3.8) is 0 Å². The molecule has 0 aliphatic carbocycles. The number of carbonyl (C=O) groups is 2. The molecule has 0 saturated carbocycles. The van der Waals surface area contributed by atoms with E-state index in [4.69, 9.17) is 37.9 Å². The van der Waals surface area contributed by atoms with E-state index in [-0.39, 0.29) is 23.9 Å². The molecule has 1 fully saturated rings. The van der Waals surface area contributed by atoms with Crippen LogP contribution in [0.3, 0.4) is 0 Å². The molecule has 5 aromatic heterocycles. The van der Waals surface area contributed by atoms with Gasteiger partial charge < -0.3 is 15.4 Å². The van der Waals surface area contributed by atoms with Crippen molar-refractivity contribution in [2.24, 2.45) is 9.98 Å². The SMILES string of the molecule is Cc1sc2c(c1C)C(c1ccc(Cl)cc1)=N[C@@H](CNC(=O)CCN1CCOCC1)c1nnc(C)n1-2.Cc1sc2c(c1C)C(c1ccc(Cl)cc1)=N[C@@H](CNC(=O)CCc1cccnc1)c1nnc(C)n1-2. The van der Waals surface area contributed by atoms with E-state index in [1.165, 1.54) is 20.9 Å². The maximum absolute atomic E-state index is 12.7. The first kappa shape index (κ1) is 49.0. The van der Waals surface area contributed by atoms with Crippen LogP contribution in [0.1, 0.15) is 96.9 Å². The average molecular weight is 1020 g/mol. The van der Waals surface area contributed by atoms with E-state index >= 15 is 0 Å². The number of hydrogen-bond donors (Lipinski definition) is 2. The molecule has 3 aliphatic heterocycles. The number of rotatable bonds is 12. The van der Waals surface area contributed by atoms with Crippen LogP contribution in [0.25, 0.3) is 10.0 Å². The van der Waals surface area contributed by atoms with Crippen molar-refractivity contribution in [2.75, 3.05) is 45.9 Å². The van der Waals surface area contributed by atoms with Crippen LogP contribution in [-0.4, -0.2) is 109 Å². The molecule has 15 nitrogen and oxygen atoms in total. The van der Waals surface area contributed by atoms with E-state index in [0.717, 1.165) is 105 Å². The van der Waals surface area contributed by atoms with Crippen molar-refractivity contribution in [1.82, 2.24) is 50.0 Å². The Morgan fingerprint density at radius 3 is 1.63 bits per heavy atom. The zero-order valence-electron chi connectivity index (χ0n) is 39.9. The molecule has 0 unspecified atom stereocenters. The highest BCUT2D eigenvalue weighted by molar-refractivity contribution is 7.15. The van der Waals surface area contributed by atoms with Gasteiger partial charge in [0.2, 0.25) is 11.8 Å². The topological polar surface area (TPSA) is 170 Å². The van der Waals surface area contributed by atoms with Gasteiger partial charge in [-0.2, -0.15) is 0 Å². The zero-order valence-corrected chi connectivity index (χ0v) is 43.1. The number of aliphatic imine (C=N–C) groups is 2. The summed E-state index contributed by atoms with van der Waals surface area (Å²) in [5.41, 5.74) is 9.27. The Balaban J connectivity index is 0.000000174. The number of morpholine rings is 1. The lowest BCUT2D eigenvalue weighted by atomic mass is 10.00. The minimum Gasteiger partial charge on any atom is -0.379 e. The predicted octanol–water partition coefficient (Wildman–Crippen LogP) is 8.58.